The molecule has 6 heteroatoms. The van der Waals surface area contributed by atoms with Gasteiger partial charge in [-0.1, -0.05) is 35.9 Å². The molecule has 0 radical (unpaired) electrons. The molecule has 26 heavy (non-hydrogen) atoms. The van der Waals surface area contributed by atoms with Crippen molar-refractivity contribution in [1.82, 2.24) is 9.97 Å². The highest BCUT2D eigenvalue weighted by Gasteiger charge is 2.11. The number of hydrogen-bond acceptors (Lipinski definition) is 3. The lowest BCUT2D eigenvalue weighted by molar-refractivity contribution is 0.629. The predicted octanol–water partition coefficient (Wildman–Crippen LogP) is 6.48. The maximum Gasteiger partial charge on any atom is 0.151 e. The van der Waals surface area contributed by atoms with Crippen LogP contribution < -0.4 is 0 Å². The zero-order valence-electron chi connectivity index (χ0n) is 13.7. The zero-order chi connectivity index (χ0) is 18.3. The molecule has 3 nitrogen and oxygen atoms in total. The van der Waals surface area contributed by atoms with Crippen LogP contribution in [0.4, 0.5) is 10.1 Å². The van der Waals surface area contributed by atoms with Crippen LogP contribution in [-0.2, 0) is 0 Å². The minimum Gasteiger partial charge on any atom is -0.254 e. The highest BCUT2D eigenvalue weighted by atomic mass is 79.9. The Bertz CT molecular complexity index is 1170. The van der Waals surface area contributed by atoms with Crippen molar-refractivity contribution in [3.8, 4) is 0 Å². The smallest absolute Gasteiger partial charge is 0.151 e. The summed E-state index contributed by atoms with van der Waals surface area (Å²) in [4.78, 5) is 13.6. The fourth-order valence-electron chi connectivity index (χ4n) is 2.79. The van der Waals surface area contributed by atoms with Crippen molar-refractivity contribution in [3.05, 3.63) is 75.7 Å². The van der Waals surface area contributed by atoms with Gasteiger partial charge in [-0.2, -0.15) is 0 Å². The van der Waals surface area contributed by atoms with Crippen LogP contribution in [-0.4, -0.2) is 15.7 Å². The minimum absolute atomic E-state index is 0.199. The lowest BCUT2D eigenvalue weighted by Gasteiger charge is -2.07. The molecule has 4 aromatic rings. The van der Waals surface area contributed by atoms with Crippen LogP contribution in [0.3, 0.4) is 0 Å². The Labute approximate surface area is 162 Å². The van der Waals surface area contributed by atoms with E-state index in [-0.39, 0.29) is 5.69 Å². The molecule has 4 rings (SSSR count). The van der Waals surface area contributed by atoms with Crippen LogP contribution in [0.2, 0.25) is 5.02 Å². The largest absolute Gasteiger partial charge is 0.254 e. The first-order valence-corrected chi connectivity index (χ1v) is 9.05. The van der Waals surface area contributed by atoms with Gasteiger partial charge in [-0.3, -0.25) is 4.98 Å². The number of benzene rings is 2. The molecule has 0 spiro atoms. The van der Waals surface area contributed by atoms with Gasteiger partial charge < -0.3 is 0 Å². The Balaban J connectivity index is 1.87. The van der Waals surface area contributed by atoms with Crippen LogP contribution in [0.1, 0.15) is 12.6 Å². The van der Waals surface area contributed by atoms with E-state index in [1.165, 1.54) is 6.07 Å². The number of aromatic nitrogens is 2. The summed E-state index contributed by atoms with van der Waals surface area (Å²) in [6.07, 6.45) is 1.75. The Morgan fingerprint density at radius 1 is 1.08 bits per heavy atom. The van der Waals surface area contributed by atoms with Crippen molar-refractivity contribution < 1.29 is 4.39 Å². The normalized spacial score (nSPS) is 12.1. The summed E-state index contributed by atoms with van der Waals surface area (Å²) in [5.74, 6) is -0.489. The molecule has 2 aromatic heterocycles. The minimum atomic E-state index is -0.489. The van der Waals surface area contributed by atoms with E-state index in [0.717, 1.165) is 21.8 Å². The van der Waals surface area contributed by atoms with Crippen molar-refractivity contribution in [1.29, 1.82) is 0 Å². The van der Waals surface area contributed by atoms with Crippen LogP contribution in [0.5, 0.6) is 0 Å². The molecule has 0 aliphatic rings. The van der Waals surface area contributed by atoms with Crippen molar-refractivity contribution in [3.63, 3.8) is 0 Å². The fourth-order valence-corrected chi connectivity index (χ4v) is 3.65. The molecule has 128 valence electrons. The van der Waals surface area contributed by atoms with Gasteiger partial charge in [0.05, 0.1) is 22.4 Å². The van der Waals surface area contributed by atoms with Crippen molar-refractivity contribution in [2.75, 3.05) is 0 Å². The highest BCUT2D eigenvalue weighted by molar-refractivity contribution is 9.10. The van der Waals surface area contributed by atoms with E-state index in [0.29, 0.717) is 20.9 Å². The number of halogens is 3. The first-order valence-electron chi connectivity index (χ1n) is 7.87. The summed E-state index contributed by atoms with van der Waals surface area (Å²) in [5.41, 5.74) is 3.09. The molecule has 0 N–H and O–H groups in total. The topological polar surface area (TPSA) is 38.1 Å². The Morgan fingerprint density at radius 2 is 1.81 bits per heavy atom. The molecule has 0 aliphatic heterocycles. The van der Waals surface area contributed by atoms with Crippen molar-refractivity contribution in [2.24, 2.45) is 4.99 Å². The van der Waals surface area contributed by atoms with Crippen LogP contribution in [0.15, 0.2) is 64.2 Å². The quantitative estimate of drug-likeness (QED) is 0.271. The SMILES string of the molecule is CC(=Nc1c(F)cc(Cl)cc1Br)c1ccc2ccc3cccnc3c2n1. The maximum absolute atomic E-state index is 14.2. The number of rotatable bonds is 2. The van der Waals surface area contributed by atoms with Crippen molar-refractivity contribution >= 4 is 60.7 Å². The summed E-state index contributed by atoms with van der Waals surface area (Å²) < 4.78 is 14.7. The summed E-state index contributed by atoms with van der Waals surface area (Å²) in [6.45, 7) is 1.80. The van der Waals surface area contributed by atoms with Crippen LogP contribution >= 0.6 is 27.5 Å². The first-order chi connectivity index (χ1) is 12.5. The van der Waals surface area contributed by atoms with E-state index in [1.807, 2.05) is 36.4 Å². The molecular formula is C20H12BrClFN3. The molecule has 0 saturated carbocycles. The number of fused-ring (bicyclic) bond motifs is 3. The number of hydrogen-bond donors (Lipinski definition) is 0. The van der Waals surface area contributed by atoms with Gasteiger partial charge >= 0.3 is 0 Å². The van der Waals surface area contributed by atoms with Gasteiger partial charge in [0.1, 0.15) is 5.69 Å². The molecule has 2 aromatic carbocycles. The third-order valence-electron chi connectivity index (χ3n) is 4.06. The van der Waals surface area contributed by atoms with Gasteiger partial charge in [0.25, 0.3) is 0 Å². The summed E-state index contributed by atoms with van der Waals surface area (Å²) in [6, 6.07) is 14.6. The van der Waals surface area contributed by atoms with E-state index in [2.05, 4.69) is 25.9 Å². The average molecular weight is 429 g/mol. The second-order valence-corrected chi connectivity index (χ2v) is 7.11. The molecule has 0 aliphatic carbocycles. The summed E-state index contributed by atoms with van der Waals surface area (Å²) in [7, 11) is 0. The second-order valence-electron chi connectivity index (χ2n) is 5.82. The van der Waals surface area contributed by atoms with Crippen LogP contribution in [0.25, 0.3) is 21.8 Å². The number of aliphatic imine (C=N–C) groups is 1. The molecule has 0 atom stereocenters. The highest BCUT2D eigenvalue weighted by Crippen LogP contribution is 2.32. The molecule has 0 unspecified atom stereocenters. The summed E-state index contributed by atoms with van der Waals surface area (Å²) >= 11 is 9.17. The second kappa shape index (κ2) is 6.74. The van der Waals surface area contributed by atoms with E-state index in [9.17, 15) is 4.39 Å². The Morgan fingerprint density at radius 3 is 2.58 bits per heavy atom. The number of nitrogens with zero attached hydrogens (tertiary/aromatic N) is 3. The zero-order valence-corrected chi connectivity index (χ0v) is 16.0. The van der Waals surface area contributed by atoms with Crippen LogP contribution in [0, 0.1) is 5.82 Å². The van der Waals surface area contributed by atoms with Crippen molar-refractivity contribution in [2.45, 2.75) is 6.92 Å². The molecule has 0 bridgehead atoms. The monoisotopic (exact) mass is 427 g/mol. The molecule has 0 fully saturated rings. The standard InChI is InChI=1S/C20H12BrClFN3/c1-11(25-20-15(21)9-14(22)10-16(20)23)17-7-6-13-5-4-12-3-2-8-24-18(12)19(13)26-17/h2-10H,1H3. The van der Waals surface area contributed by atoms with Gasteiger partial charge in [0, 0.05) is 26.5 Å². The molecule has 0 amide bonds. The first kappa shape index (κ1) is 17.1. The third kappa shape index (κ3) is 3.08. The third-order valence-corrected chi connectivity index (χ3v) is 4.89. The van der Waals surface area contributed by atoms with E-state index >= 15 is 0 Å². The van der Waals surface area contributed by atoms with Gasteiger partial charge in [-0.25, -0.2) is 14.4 Å². The molecule has 0 saturated heterocycles. The number of pyridine rings is 2. The lowest BCUT2D eigenvalue weighted by atomic mass is 10.1. The summed E-state index contributed by atoms with van der Waals surface area (Å²) in [5, 5.41) is 2.32. The van der Waals surface area contributed by atoms with Gasteiger partial charge in [-0.15, -0.1) is 0 Å². The maximum atomic E-state index is 14.2. The van der Waals surface area contributed by atoms with Gasteiger partial charge in [0.2, 0.25) is 0 Å². The molecule has 2 heterocycles. The van der Waals surface area contributed by atoms with E-state index in [1.54, 1.807) is 19.2 Å². The Hall–Kier alpha value is -2.37. The van der Waals surface area contributed by atoms with E-state index < -0.39 is 5.82 Å². The molecular weight excluding hydrogens is 417 g/mol. The van der Waals surface area contributed by atoms with Gasteiger partial charge in [-0.05, 0) is 47.1 Å². The Kier molecular flexibility index (Phi) is 4.42. The van der Waals surface area contributed by atoms with Gasteiger partial charge in [0.15, 0.2) is 5.82 Å². The predicted molar refractivity (Wildman–Crippen MR) is 108 cm³/mol. The average Bonchev–Trinajstić information content (AvgIpc) is 2.64. The van der Waals surface area contributed by atoms with E-state index in [4.69, 9.17) is 16.6 Å². The fraction of sp³-hybridized carbons (Fsp3) is 0.0500. The lowest BCUT2D eigenvalue weighted by Crippen LogP contribution is -1.99.